The van der Waals surface area contributed by atoms with E-state index >= 15 is 0 Å². The molecule has 1 aliphatic heterocycles. The molecule has 0 amide bonds. The van der Waals surface area contributed by atoms with Gasteiger partial charge in [-0.1, -0.05) is 30.3 Å². The van der Waals surface area contributed by atoms with Crippen LogP contribution >= 0.6 is 0 Å². The van der Waals surface area contributed by atoms with Crippen LogP contribution in [0.1, 0.15) is 23.2 Å². The van der Waals surface area contributed by atoms with Crippen molar-refractivity contribution >= 4 is 11.5 Å². The quantitative estimate of drug-likeness (QED) is 0.785. The molecule has 0 saturated carbocycles. The number of hydrogen-bond donors (Lipinski definition) is 0. The van der Waals surface area contributed by atoms with E-state index in [0.717, 1.165) is 36.5 Å². The van der Waals surface area contributed by atoms with Gasteiger partial charge in [0, 0.05) is 30.8 Å². The van der Waals surface area contributed by atoms with Crippen LogP contribution in [0.3, 0.4) is 0 Å². The lowest BCUT2D eigenvalue weighted by Crippen LogP contribution is -2.33. The number of benzene rings is 2. The van der Waals surface area contributed by atoms with Crippen molar-refractivity contribution in [3.8, 4) is 5.75 Å². The maximum absolute atomic E-state index is 11.9. The number of anilines is 1. The van der Waals surface area contributed by atoms with E-state index in [1.807, 2.05) is 54.6 Å². The van der Waals surface area contributed by atoms with E-state index < -0.39 is 0 Å². The molecule has 0 radical (unpaired) electrons. The van der Waals surface area contributed by atoms with E-state index in [1.165, 1.54) is 0 Å². The topological polar surface area (TPSA) is 29.5 Å². The van der Waals surface area contributed by atoms with E-state index in [2.05, 4.69) is 4.90 Å². The molecule has 0 atom stereocenters. The third-order valence-corrected chi connectivity index (χ3v) is 3.74. The predicted molar refractivity (Wildman–Crippen MR) is 84.2 cm³/mol. The van der Waals surface area contributed by atoms with Crippen LogP contribution in [0, 0.1) is 0 Å². The average molecular weight is 281 g/mol. The monoisotopic (exact) mass is 281 g/mol. The van der Waals surface area contributed by atoms with Crippen LogP contribution in [-0.2, 0) is 0 Å². The number of para-hydroxylation sites is 2. The normalized spacial score (nSPS) is 13.9. The van der Waals surface area contributed by atoms with Crippen molar-refractivity contribution < 1.29 is 9.53 Å². The van der Waals surface area contributed by atoms with Crippen molar-refractivity contribution in [3.63, 3.8) is 0 Å². The van der Waals surface area contributed by atoms with Gasteiger partial charge in [-0.2, -0.15) is 0 Å². The number of carbonyl (C=O) groups is 1. The summed E-state index contributed by atoms with van der Waals surface area (Å²) >= 11 is 0. The van der Waals surface area contributed by atoms with Crippen LogP contribution in [0.25, 0.3) is 0 Å². The maximum atomic E-state index is 11.9. The summed E-state index contributed by atoms with van der Waals surface area (Å²) in [5.41, 5.74) is 1.92. The second-order valence-corrected chi connectivity index (χ2v) is 5.19. The van der Waals surface area contributed by atoms with E-state index in [1.54, 1.807) is 0 Å². The fourth-order valence-electron chi connectivity index (χ4n) is 2.67. The van der Waals surface area contributed by atoms with Gasteiger partial charge < -0.3 is 9.64 Å². The SMILES string of the molecule is O=C1CCN(CCCOc2ccccc2)c2ccccc21. The van der Waals surface area contributed by atoms with Crippen molar-refractivity contribution in [1.82, 2.24) is 0 Å². The molecule has 3 rings (SSSR count). The zero-order valence-electron chi connectivity index (χ0n) is 12.0. The molecule has 21 heavy (non-hydrogen) atoms. The smallest absolute Gasteiger partial charge is 0.166 e. The van der Waals surface area contributed by atoms with Crippen molar-refractivity contribution in [2.75, 3.05) is 24.6 Å². The molecule has 0 N–H and O–H groups in total. The molecule has 2 aromatic carbocycles. The number of carbonyl (C=O) groups excluding carboxylic acids is 1. The summed E-state index contributed by atoms with van der Waals surface area (Å²) in [5.74, 6) is 1.16. The van der Waals surface area contributed by atoms with E-state index in [4.69, 9.17) is 4.74 Å². The number of ether oxygens (including phenoxy) is 1. The van der Waals surface area contributed by atoms with Gasteiger partial charge in [-0.25, -0.2) is 0 Å². The summed E-state index contributed by atoms with van der Waals surface area (Å²) in [6, 6.07) is 17.7. The maximum Gasteiger partial charge on any atom is 0.166 e. The number of Topliss-reactive ketones (excluding diaryl/α,β-unsaturated/α-hetero) is 1. The molecule has 1 heterocycles. The van der Waals surface area contributed by atoms with Gasteiger partial charge in [-0.15, -0.1) is 0 Å². The van der Waals surface area contributed by atoms with Crippen molar-refractivity contribution in [2.24, 2.45) is 0 Å². The predicted octanol–water partition coefficient (Wildman–Crippen LogP) is 3.55. The number of ketones is 1. The Labute approximate surface area is 125 Å². The van der Waals surface area contributed by atoms with Crippen molar-refractivity contribution in [2.45, 2.75) is 12.8 Å². The summed E-state index contributed by atoms with van der Waals surface area (Å²) in [7, 11) is 0. The number of hydrogen-bond acceptors (Lipinski definition) is 3. The fourth-order valence-corrected chi connectivity index (χ4v) is 2.67. The lowest BCUT2D eigenvalue weighted by Gasteiger charge is -2.30. The zero-order chi connectivity index (χ0) is 14.5. The molecule has 2 aromatic rings. The first-order valence-corrected chi connectivity index (χ1v) is 7.39. The van der Waals surface area contributed by atoms with Crippen LogP contribution in [0.5, 0.6) is 5.75 Å². The molecule has 3 heteroatoms. The molecule has 0 saturated heterocycles. The Kier molecular flexibility index (Phi) is 4.20. The van der Waals surface area contributed by atoms with Crippen LogP contribution in [0.15, 0.2) is 54.6 Å². The third kappa shape index (κ3) is 3.24. The Morgan fingerprint density at radius 2 is 1.76 bits per heavy atom. The Bertz CT molecular complexity index is 610. The Hall–Kier alpha value is -2.29. The summed E-state index contributed by atoms with van der Waals surface area (Å²) in [6.07, 6.45) is 1.55. The summed E-state index contributed by atoms with van der Waals surface area (Å²) in [6.45, 7) is 2.41. The van der Waals surface area contributed by atoms with Gasteiger partial charge in [-0.3, -0.25) is 4.79 Å². The highest BCUT2D eigenvalue weighted by Gasteiger charge is 2.21. The summed E-state index contributed by atoms with van der Waals surface area (Å²) in [4.78, 5) is 14.2. The second kappa shape index (κ2) is 6.44. The van der Waals surface area contributed by atoms with Gasteiger partial charge in [0.15, 0.2) is 5.78 Å². The van der Waals surface area contributed by atoms with Gasteiger partial charge in [0.25, 0.3) is 0 Å². The largest absolute Gasteiger partial charge is 0.494 e. The molecule has 0 unspecified atom stereocenters. The van der Waals surface area contributed by atoms with E-state index in [9.17, 15) is 4.79 Å². The van der Waals surface area contributed by atoms with E-state index in [0.29, 0.717) is 13.0 Å². The average Bonchev–Trinajstić information content (AvgIpc) is 2.55. The van der Waals surface area contributed by atoms with Crippen LogP contribution in [0.2, 0.25) is 0 Å². The molecular formula is C18H19NO2. The number of rotatable bonds is 5. The number of fused-ring (bicyclic) bond motifs is 1. The summed E-state index contributed by atoms with van der Waals surface area (Å²) < 4.78 is 5.71. The lowest BCUT2D eigenvalue weighted by molar-refractivity contribution is 0.0980. The molecule has 0 aliphatic carbocycles. The molecule has 3 nitrogen and oxygen atoms in total. The van der Waals surface area contributed by atoms with Crippen molar-refractivity contribution in [1.29, 1.82) is 0 Å². The highest BCUT2D eigenvalue weighted by atomic mass is 16.5. The van der Waals surface area contributed by atoms with Gasteiger partial charge in [-0.05, 0) is 30.7 Å². The van der Waals surface area contributed by atoms with Crippen molar-refractivity contribution in [3.05, 3.63) is 60.2 Å². The second-order valence-electron chi connectivity index (χ2n) is 5.19. The molecule has 0 bridgehead atoms. The van der Waals surface area contributed by atoms with Gasteiger partial charge in [0.1, 0.15) is 5.75 Å². The van der Waals surface area contributed by atoms with Crippen LogP contribution in [0.4, 0.5) is 5.69 Å². The first kappa shape index (κ1) is 13.7. The van der Waals surface area contributed by atoms with Gasteiger partial charge in [0.2, 0.25) is 0 Å². The molecule has 0 fully saturated rings. The molecule has 0 spiro atoms. The van der Waals surface area contributed by atoms with E-state index in [-0.39, 0.29) is 5.78 Å². The Morgan fingerprint density at radius 3 is 2.62 bits per heavy atom. The Balaban J connectivity index is 1.54. The van der Waals surface area contributed by atoms with Gasteiger partial charge >= 0.3 is 0 Å². The first-order valence-electron chi connectivity index (χ1n) is 7.39. The highest BCUT2D eigenvalue weighted by Crippen LogP contribution is 2.26. The molecule has 1 aliphatic rings. The minimum atomic E-state index is 0.252. The van der Waals surface area contributed by atoms with Gasteiger partial charge in [0.05, 0.1) is 6.61 Å². The minimum Gasteiger partial charge on any atom is -0.494 e. The standard InChI is InChI=1S/C18H19NO2/c20-18-11-13-19(17-10-5-4-9-16(17)18)12-6-14-21-15-7-2-1-3-8-15/h1-5,7-10H,6,11-14H2. The highest BCUT2D eigenvalue weighted by molar-refractivity contribution is 6.03. The lowest BCUT2D eigenvalue weighted by atomic mass is 10.0. The first-order chi connectivity index (χ1) is 10.3. The minimum absolute atomic E-state index is 0.252. The Morgan fingerprint density at radius 1 is 1.00 bits per heavy atom. The molecule has 108 valence electrons. The zero-order valence-corrected chi connectivity index (χ0v) is 12.0. The fraction of sp³-hybridized carbons (Fsp3) is 0.278. The third-order valence-electron chi connectivity index (χ3n) is 3.74. The molecular weight excluding hydrogens is 262 g/mol. The van der Waals surface area contributed by atoms with Crippen LogP contribution in [-0.4, -0.2) is 25.5 Å². The summed E-state index contributed by atoms with van der Waals surface area (Å²) in [5, 5.41) is 0. The molecule has 0 aromatic heterocycles. The number of nitrogens with zero attached hydrogens (tertiary/aromatic N) is 1. The van der Waals surface area contributed by atoms with Crippen LogP contribution < -0.4 is 9.64 Å².